The number of rotatable bonds is 12. The molecule has 0 spiro atoms. The number of amides is 2. The Morgan fingerprint density at radius 1 is 0.814 bits per heavy atom. The van der Waals surface area contributed by atoms with Gasteiger partial charge in [-0.2, -0.15) is 0 Å². The standard InChI is InChI=1S/C34H36BrN3O4S/c1-4-36-34(40)32(21-27-11-6-5-7-12-27)37(23-28-13-8-10-26(3)20-28)33(39)24-38(30-15-9-14-29(35)22-30)43(41,42)31-18-16-25(2)17-19-31/h5-20,22,32H,4,21,23-24H2,1-3H3,(H,36,40)/t32-/m0/s1. The Labute approximate surface area is 262 Å². The maximum atomic E-state index is 14.4. The summed E-state index contributed by atoms with van der Waals surface area (Å²) in [5.74, 6) is -0.799. The van der Waals surface area contributed by atoms with E-state index < -0.39 is 28.5 Å². The van der Waals surface area contributed by atoms with E-state index in [0.29, 0.717) is 16.7 Å². The normalized spacial score (nSPS) is 11.9. The molecule has 0 aromatic heterocycles. The Kier molecular flexibility index (Phi) is 10.8. The minimum atomic E-state index is -4.15. The fourth-order valence-corrected chi connectivity index (χ4v) is 6.64. The van der Waals surface area contributed by atoms with Crippen molar-refractivity contribution >= 4 is 43.5 Å². The summed E-state index contributed by atoms with van der Waals surface area (Å²) in [4.78, 5) is 29.5. The molecule has 2 amide bonds. The molecule has 1 atom stereocenters. The Morgan fingerprint density at radius 2 is 1.49 bits per heavy atom. The lowest BCUT2D eigenvalue weighted by Crippen LogP contribution is -2.53. The summed E-state index contributed by atoms with van der Waals surface area (Å²) in [7, 11) is -4.15. The average molecular weight is 663 g/mol. The van der Waals surface area contributed by atoms with Gasteiger partial charge in [0.2, 0.25) is 11.8 Å². The Morgan fingerprint density at radius 3 is 2.14 bits per heavy atom. The molecule has 0 heterocycles. The lowest BCUT2D eigenvalue weighted by molar-refractivity contribution is -0.140. The minimum Gasteiger partial charge on any atom is -0.355 e. The van der Waals surface area contributed by atoms with E-state index in [1.807, 2.05) is 75.4 Å². The van der Waals surface area contributed by atoms with Crippen molar-refractivity contribution in [3.8, 4) is 0 Å². The zero-order valence-corrected chi connectivity index (χ0v) is 26.9. The van der Waals surface area contributed by atoms with Gasteiger partial charge in [0.25, 0.3) is 10.0 Å². The van der Waals surface area contributed by atoms with Gasteiger partial charge in [0.15, 0.2) is 0 Å². The van der Waals surface area contributed by atoms with Crippen LogP contribution in [0.1, 0.15) is 29.2 Å². The number of benzene rings is 4. The molecule has 4 rings (SSSR count). The van der Waals surface area contributed by atoms with Crippen LogP contribution in [0.15, 0.2) is 112 Å². The number of hydrogen-bond acceptors (Lipinski definition) is 4. The molecule has 0 aliphatic heterocycles. The van der Waals surface area contributed by atoms with Crippen molar-refractivity contribution in [3.63, 3.8) is 0 Å². The van der Waals surface area contributed by atoms with E-state index >= 15 is 0 Å². The molecule has 0 bridgehead atoms. The fourth-order valence-electron chi connectivity index (χ4n) is 4.85. The molecule has 0 radical (unpaired) electrons. The van der Waals surface area contributed by atoms with Crippen LogP contribution in [0.2, 0.25) is 0 Å². The molecule has 7 nitrogen and oxygen atoms in total. The highest BCUT2D eigenvalue weighted by Crippen LogP contribution is 2.27. The number of likely N-dealkylation sites (N-methyl/N-ethyl adjacent to an activating group) is 1. The summed E-state index contributed by atoms with van der Waals surface area (Å²) >= 11 is 3.44. The predicted octanol–water partition coefficient (Wildman–Crippen LogP) is 6.04. The highest BCUT2D eigenvalue weighted by Gasteiger charge is 2.34. The van der Waals surface area contributed by atoms with Gasteiger partial charge in [0.1, 0.15) is 12.6 Å². The molecule has 0 saturated carbocycles. The second-order valence-electron chi connectivity index (χ2n) is 10.4. The van der Waals surface area contributed by atoms with Gasteiger partial charge < -0.3 is 10.2 Å². The van der Waals surface area contributed by atoms with E-state index in [1.165, 1.54) is 17.0 Å². The average Bonchev–Trinajstić information content (AvgIpc) is 2.98. The van der Waals surface area contributed by atoms with Crippen LogP contribution in [0.25, 0.3) is 0 Å². The second-order valence-corrected chi connectivity index (χ2v) is 13.2. The van der Waals surface area contributed by atoms with Gasteiger partial charge in [-0.15, -0.1) is 0 Å². The molecule has 0 unspecified atom stereocenters. The van der Waals surface area contributed by atoms with Crippen molar-refractivity contribution in [1.29, 1.82) is 0 Å². The Balaban J connectivity index is 1.80. The highest BCUT2D eigenvalue weighted by molar-refractivity contribution is 9.10. The van der Waals surface area contributed by atoms with Gasteiger partial charge in [0.05, 0.1) is 10.6 Å². The topological polar surface area (TPSA) is 86.8 Å². The maximum absolute atomic E-state index is 14.4. The molecule has 4 aromatic rings. The number of carbonyl (C=O) groups excluding carboxylic acids is 2. The van der Waals surface area contributed by atoms with Crippen LogP contribution in [-0.2, 0) is 32.6 Å². The quantitative estimate of drug-likeness (QED) is 0.201. The zero-order chi connectivity index (χ0) is 31.0. The molecular formula is C34H36BrN3O4S. The molecule has 4 aromatic carbocycles. The van der Waals surface area contributed by atoms with Gasteiger partial charge in [-0.1, -0.05) is 99.9 Å². The number of nitrogens with zero attached hydrogens (tertiary/aromatic N) is 2. The van der Waals surface area contributed by atoms with E-state index in [4.69, 9.17) is 0 Å². The number of aryl methyl sites for hydroxylation is 2. The number of carbonyl (C=O) groups is 2. The highest BCUT2D eigenvalue weighted by atomic mass is 79.9. The van der Waals surface area contributed by atoms with Crippen molar-refractivity contribution in [1.82, 2.24) is 10.2 Å². The first kappa shape index (κ1) is 32.0. The predicted molar refractivity (Wildman–Crippen MR) is 174 cm³/mol. The summed E-state index contributed by atoms with van der Waals surface area (Å²) in [6.07, 6.45) is 0.270. The van der Waals surface area contributed by atoms with Crippen molar-refractivity contribution in [3.05, 3.63) is 130 Å². The van der Waals surface area contributed by atoms with Crippen molar-refractivity contribution in [2.45, 2.75) is 44.7 Å². The van der Waals surface area contributed by atoms with E-state index in [1.54, 1.807) is 36.4 Å². The molecular weight excluding hydrogens is 626 g/mol. The number of anilines is 1. The second kappa shape index (κ2) is 14.5. The van der Waals surface area contributed by atoms with Gasteiger partial charge in [-0.25, -0.2) is 8.42 Å². The Hall–Kier alpha value is -3.95. The first-order valence-electron chi connectivity index (χ1n) is 14.1. The third-order valence-corrected chi connectivity index (χ3v) is 9.32. The van der Waals surface area contributed by atoms with Gasteiger partial charge in [-0.05, 0) is 62.2 Å². The molecule has 0 aliphatic rings. The third kappa shape index (κ3) is 8.33. The lowest BCUT2D eigenvalue weighted by Gasteiger charge is -2.34. The summed E-state index contributed by atoms with van der Waals surface area (Å²) < 4.78 is 29.9. The van der Waals surface area contributed by atoms with Crippen molar-refractivity contribution < 1.29 is 18.0 Å². The van der Waals surface area contributed by atoms with Crippen LogP contribution in [-0.4, -0.2) is 44.3 Å². The van der Waals surface area contributed by atoms with Crippen LogP contribution >= 0.6 is 15.9 Å². The maximum Gasteiger partial charge on any atom is 0.264 e. The largest absolute Gasteiger partial charge is 0.355 e. The SMILES string of the molecule is CCNC(=O)[C@H](Cc1ccccc1)N(Cc1cccc(C)c1)C(=O)CN(c1cccc(Br)c1)S(=O)(=O)c1ccc(C)cc1. The summed E-state index contributed by atoms with van der Waals surface area (Å²) in [5, 5.41) is 2.88. The van der Waals surface area contributed by atoms with E-state index in [2.05, 4.69) is 21.2 Å². The summed E-state index contributed by atoms with van der Waals surface area (Å²) in [5.41, 5.74) is 3.98. The number of halogens is 1. The molecule has 0 aliphatic carbocycles. The van der Waals surface area contributed by atoms with Crippen molar-refractivity contribution in [2.75, 3.05) is 17.4 Å². The molecule has 224 valence electrons. The molecule has 1 N–H and O–H groups in total. The van der Waals surface area contributed by atoms with E-state index in [0.717, 1.165) is 26.6 Å². The van der Waals surface area contributed by atoms with Crippen LogP contribution in [0, 0.1) is 13.8 Å². The number of nitrogens with one attached hydrogen (secondary N) is 1. The number of hydrogen-bond donors (Lipinski definition) is 1. The molecule has 43 heavy (non-hydrogen) atoms. The first-order chi connectivity index (χ1) is 20.6. The number of sulfonamides is 1. The molecule has 0 saturated heterocycles. The molecule has 0 fully saturated rings. The Bertz CT molecular complexity index is 1660. The van der Waals surface area contributed by atoms with Crippen LogP contribution < -0.4 is 9.62 Å². The van der Waals surface area contributed by atoms with Gasteiger partial charge >= 0.3 is 0 Å². The fraction of sp³-hybridized carbons (Fsp3) is 0.235. The van der Waals surface area contributed by atoms with Gasteiger partial charge in [-0.3, -0.25) is 13.9 Å². The van der Waals surface area contributed by atoms with Crippen molar-refractivity contribution in [2.24, 2.45) is 0 Å². The van der Waals surface area contributed by atoms with Crippen LogP contribution in [0.3, 0.4) is 0 Å². The van der Waals surface area contributed by atoms with E-state index in [-0.39, 0.29) is 23.8 Å². The monoisotopic (exact) mass is 661 g/mol. The van der Waals surface area contributed by atoms with Crippen LogP contribution in [0.4, 0.5) is 5.69 Å². The van der Waals surface area contributed by atoms with E-state index in [9.17, 15) is 18.0 Å². The third-order valence-electron chi connectivity index (χ3n) is 7.04. The molecule has 9 heteroatoms. The minimum absolute atomic E-state index is 0.0701. The zero-order valence-electron chi connectivity index (χ0n) is 24.5. The summed E-state index contributed by atoms with van der Waals surface area (Å²) in [6.45, 7) is 5.69. The van der Waals surface area contributed by atoms with Crippen LogP contribution in [0.5, 0.6) is 0 Å². The first-order valence-corrected chi connectivity index (χ1v) is 16.3. The van der Waals surface area contributed by atoms with Gasteiger partial charge in [0, 0.05) is 24.0 Å². The smallest absolute Gasteiger partial charge is 0.264 e. The summed E-state index contributed by atoms with van der Waals surface area (Å²) in [6, 6.07) is 29.7. The lowest BCUT2D eigenvalue weighted by atomic mass is 10.0.